The Morgan fingerprint density at radius 1 is 0.205 bits per heavy atom. The van der Waals surface area contributed by atoms with Crippen LogP contribution in [-0.2, 0) is 0 Å². The van der Waals surface area contributed by atoms with Crippen LogP contribution < -0.4 is 0 Å². The van der Waals surface area contributed by atoms with Crippen molar-refractivity contribution in [1.82, 2.24) is 29.9 Å². The van der Waals surface area contributed by atoms with Crippen molar-refractivity contribution in [3.05, 3.63) is 290 Å². The second kappa shape index (κ2) is 21.5. The van der Waals surface area contributed by atoms with Crippen molar-refractivity contribution in [1.29, 1.82) is 0 Å². The normalized spacial score (nSPS) is 12.2. The minimum atomic E-state index is 0.611. The number of hydrogen-bond acceptors (Lipinski definition) is 6. The molecule has 2 aromatic heterocycles. The molecular formula is C72H50N6. The second-order valence-electron chi connectivity index (χ2n) is 19.4. The Bertz CT molecular complexity index is 4000. The van der Waals surface area contributed by atoms with Crippen molar-refractivity contribution >= 4 is 11.1 Å². The van der Waals surface area contributed by atoms with Crippen LogP contribution in [0.3, 0.4) is 0 Å². The highest BCUT2D eigenvalue weighted by Crippen LogP contribution is 2.37. The number of aromatic nitrogens is 6. The smallest absolute Gasteiger partial charge is 0.164 e. The zero-order valence-electron chi connectivity index (χ0n) is 42.7. The zero-order chi connectivity index (χ0) is 52.0. The molecule has 0 N–H and O–H groups in total. The van der Waals surface area contributed by atoms with Gasteiger partial charge in [-0.3, -0.25) is 0 Å². The maximum Gasteiger partial charge on any atom is 0.164 e. The first-order valence-corrected chi connectivity index (χ1v) is 26.4. The monoisotopic (exact) mass is 998 g/mol. The van der Waals surface area contributed by atoms with E-state index in [1.54, 1.807) is 0 Å². The molecule has 0 fully saturated rings. The Hall–Kier alpha value is -10.3. The lowest BCUT2D eigenvalue weighted by molar-refractivity contribution is 1.06. The molecule has 0 saturated carbocycles. The van der Waals surface area contributed by atoms with E-state index in [1.807, 2.05) is 72.8 Å². The van der Waals surface area contributed by atoms with E-state index >= 15 is 0 Å². The predicted octanol–water partition coefficient (Wildman–Crippen LogP) is 18.0. The summed E-state index contributed by atoms with van der Waals surface area (Å²) in [5, 5.41) is 0. The van der Waals surface area contributed by atoms with Gasteiger partial charge in [0.15, 0.2) is 34.9 Å². The maximum atomic E-state index is 5.15. The third-order valence-electron chi connectivity index (χ3n) is 14.3. The van der Waals surface area contributed by atoms with Crippen LogP contribution in [0.4, 0.5) is 0 Å². The summed E-state index contributed by atoms with van der Waals surface area (Å²) in [6.45, 7) is 0. The molecule has 0 aliphatic heterocycles. The standard InChI is InChI=1S/C72H50N6/c1-5-18-49(19-6-1)51-36-40-55(41-37-51)69-74-70(56-42-38-52(39-43-56)50-20-7-2-8-21-50)78-72(77-69)66-35-17-33-64(48-66)62-31-15-29-60(46-62)58-27-13-26-57(44-58)59-28-14-30-61(45-59)63-32-16-34-65(47-63)71-75-67(53-22-9-3-10-23-53)73-68(76-71)54-24-11-4-12-25-54/h1-13,15-29,31-48H,14,30H2. The van der Waals surface area contributed by atoms with Gasteiger partial charge < -0.3 is 0 Å². The summed E-state index contributed by atoms with van der Waals surface area (Å²) in [6.07, 6.45) is 6.58. The average Bonchev–Trinajstić information content (AvgIpc) is 3.54. The molecule has 0 amide bonds. The van der Waals surface area contributed by atoms with E-state index in [4.69, 9.17) is 29.9 Å². The Balaban J connectivity index is 0.790. The molecular weight excluding hydrogens is 949 g/mol. The molecule has 13 rings (SSSR count). The van der Waals surface area contributed by atoms with Crippen molar-refractivity contribution in [2.24, 2.45) is 0 Å². The molecule has 1 aliphatic rings. The first-order chi connectivity index (χ1) is 38.6. The van der Waals surface area contributed by atoms with Gasteiger partial charge in [-0.2, -0.15) is 0 Å². The van der Waals surface area contributed by atoms with Gasteiger partial charge in [-0.15, -0.1) is 0 Å². The molecule has 2 heterocycles. The topological polar surface area (TPSA) is 77.3 Å². The van der Waals surface area contributed by atoms with Crippen molar-refractivity contribution < 1.29 is 0 Å². The van der Waals surface area contributed by atoms with Crippen LogP contribution in [0.25, 0.3) is 124 Å². The van der Waals surface area contributed by atoms with E-state index in [-0.39, 0.29) is 0 Å². The van der Waals surface area contributed by atoms with Gasteiger partial charge in [-0.25, -0.2) is 29.9 Å². The molecule has 368 valence electrons. The molecule has 12 aromatic rings. The fourth-order valence-corrected chi connectivity index (χ4v) is 10.2. The largest absolute Gasteiger partial charge is 0.208 e. The van der Waals surface area contributed by atoms with Gasteiger partial charge >= 0.3 is 0 Å². The Labute approximate surface area is 454 Å². The van der Waals surface area contributed by atoms with Gasteiger partial charge in [0.25, 0.3) is 0 Å². The van der Waals surface area contributed by atoms with E-state index in [2.05, 4.69) is 206 Å². The number of rotatable bonds is 12. The minimum Gasteiger partial charge on any atom is -0.208 e. The van der Waals surface area contributed by atoms with Crippen LogP contribution >= 0.6 is 0 Å². The summed E-state index contributed by atoms with van der Waals surface area (Å²) < 4.78 is 0. The highest BCUT2D eigenvalue weighted by molar-refractivity contribution is 5.88. The molecule has 10 aromatic carbocycles. The minimum absolute atomic E-state index is 0.611. The first-order valence-electron chi connectivity index (χ1n) is 26.4. The van der Waals surface area contributed by atoms with Crippen LogP contribution in [0, 0.1) is 0 Å². The summed E-state index contributed by atoms with van der Waals surface area (Å²) in [5.41, 5.74) is 19.5. The maximum absolute atomic E-state index is 5.15. The molecule has 1 aliphatic carbocycles. The van der Waals surface area contributed by atoms with Crippen LogP contribution in [0.5, 0.6) is 0 Å². The number of allylic oxidation sites excluding steroid dienone is 4. The van der Waals surface area contributed by atoms with Crippen LogP contribution in [0.1, 0.15) is 24.0 Å². The van der Waals surface area contributed by atoms with E-state index in [0.29, 0.717) is 34.9 Å². The number of nitrogens with zero attached hydrogens (tertiary/aromatic N) is 6. The molecule has 6 nitrogen and oxygen atoms in total. The van der Waals surface area contributed by atoms with E-state index in [1.165, 1.54) is 16.7 Å². The van der Waals surface area contributed by atoms with E-state index in [9.17, 15) is 0 Å². The highest BCUT2D eigenvalue weighted by Gasteiger charge is 2.17. The van der Waals surface area contributed by atoms with Crippen LogP contribution in [0.2, 0.25) is 0 Å². The molecule has 0 atom stereocenters. The molecule has 0 unspecified atom stereocenters. The van der Waals surface area contributed by atoms with E-state index < -0.39 is 0 Å². The lowest BCUT2D eigenvalue weighted by atomic mass is 9.89. The Kier molecular flexibility index (Phi) is 13.1. The fraction of sp³-hybridized carbons (Fsp3) is 0.0278. The van der Waals surface area contributed by atoms with Gasteiger partial charge in [0.2, 0.25) is 0 Å². The fourth-order valence-electron chi connectivity index (χ4n) is 10.2. The summed E-state index contributed by atoms with van der Waals surface area (Å²) >= 11 is 0. The SMILES string of the molecule is C1=C(c2cccc(-c3cccc(-c4cccc(-c5nc(-c6ccc(-c7ccccc7)cc6)nc(-c6ccc(-c7ccccc7)cc6)n5)c4)c3)c2)C=C(c2cccc(-c3nc(-c4ccccc4)nc(-c4ccccc4)n3)c2)CC1. The van der Waals surface area contributed by atoms with Crippen molar-refractivity contribution in [2.45, 2.75) is 12.8 Å². The summed E-state index contributed by atoms with van der Waals surface area (Å²) in [4.78, 5) is 30.3. The molecule has 78 heavy (non-hydrogen) atoms. The Morgan fingerprint density at radius 3 is 0.872 bits per heavy atom. The molecule has 6 heteroatoms. The van der Waals surface area contributed by atoms with Crippen LogP contribution in [-0.4, -0.2) is 29.9 Å². The predicted molar refractivity (Wildman–Crippen MR) is 319 cm³/mol. The molecule has 0 saturated heterocycles. The third-order valence-corrected chi connectivity index (χ3v) is 14.3. The summed E-state index contributed by atoms with van der Waals surface area (Å²) in [7, 11) is 0. The summed E-state index contributed by atoms with van der Waals surface area (Å²) in [6, 6.07) is 92.8. The summed E-state index contributed by atoms with van der Waals surface area (Å²) in [5.74, 6) is 3.79. The lowest BCUT2D eigenvalue weighted by Crippen LogP contribution is -2.00. The van der Waals surface area contributed by atoms with Gasteiger partial charge in [-0.05, 0) is 104 Å². The van der Waals surface area contributed by atoms with Crippen molar-refractivity contribution in [3.8, 4) is 113 Å². The zero-order valence-corrected chi connectivity index (χ0v) is 42.7. The first kappa shape index (κ1) is 47.4. The number of hydrogen-bond donors (Lipinski definition) is 0. The van der Waals surface area contributed by atoms with E-state index in [0.717, 1.165) is 96.3 Å². The molecule has 0 radical (unpaired) electrons. The average molecular weight is 999 g/mol. The van der Waals surface area contributed by atoms with Gasteiger partial charge in [0, 0.05) is 33.4 Å². The Morgan fingerprint density at radius 2 is 0.462 bits per heavy atom. The van der Waals surface area contributed by atoms with Gasteiger partial charge in [-0.1, -0.05) is 255 Å². The van der Waals surface area contributed by atoms with Gasteiger partial charge in [0.1, 0.15) is 0 Å². The number of benzene rings is 10. The molecule has 0 spiro atoms. The lowest BCUT2D eigenvalue weighted by Gasteiger charge is -2.16. The van der Waals surface area contributed by atoms with Gasteiger partial charge in [0.05, 0.1) is 0 Å². The van der Waals surface area contributed by atoms with Crippen molar-refractivity contribution in [2.75, 3.05) is 0 Å². The third kappa shape index (κ3) is 10.3. The van der Waals surface area contributed by atoms with Crippen LogP contribution in [0.15, 0.2) is 279 Å². The highest BCUT2D eigenvalue weighted by atomic mass is 15.0. The molecule has 0 bridgehead atoms. The van der Waals surface area contributed by atoms with Crippen molar-refractivity contribution in [3.63, 3.8) is 0 Å². The second-order valence-corrected chi connectivity index (χ2v) is 19.4. The quantitative estimate of drug-likeness (QED) is 0.121.